The number of nitro groups is 1. The number of hydrogen-bond acceptors (Lipinski definition) is 5. The second-order valence-corrected chi connectivity index (χ2v) is 4.47. The van der Waals surface area contributed by atoms with Gasteiger partial charge in [0.05, 0.1) is 4.92 Å². The molecule has 0 aliphatic heterocycles. The summed E-state index contributed by atoms with van der Waals surface area (Å²) in [4.78, 5) is 11.4. The maximum atomic E-state index is 10.6. The summed E-state index contributed by atoms with van der Waals surface area (Å²) in [6.45, 7) is 0. The second kappa shape index (κ2) is 5.46. The Labute approximate surface area is 124 Å². The van der Waals surface area contributed by atoms with Crippen LogP contribution >= 0.6 is 0 Å². The molecule has 1 aromatic heterocycles. The first-order chi connectivity index (χ1) is 10.7. The Balaban J connectivity index is 1.99. The summed E-state index contributed by atoms with van der Waals surface area (Å²) >= 11 is 0. The largest absolute Gasteiger partial charge is 0.269 e. The second-order valence-electron chi connectivity index (χ2n) is 4.47. The highest BCUT2D eigenvalue weighted by atomic mass is 16.6. The van der Waals surface area contributed by atoms with Gasteiger partial charge < -0.3 is 0 Å². The van der Waals surface area contributed by atoms with Crippen LogP contribution in [0.3, 0.4) is 0 Å². The molecule has 0 fully saturated rings. The van der Waals surface area contributed by atoms with Crippen LogP contribution in [0.15, 0.2) is 48.5 Å². The fourth-order valence-electron chi connectivity index (χ4n) is 1.95. The van der Waals surface area contributed by atoms with Crippen LogP contribution in [0, 0.1) is 21.4 Å². The molecule has 3 aromatic rings. The molecule has 0 saturated carbocycles. The maximum Gasteiger partial charge on any atom is 0.269 e. The average molecular weight is 291 g/mol. The van der Waals surface area contributed by atoms with E-state index in [-0.39, 0.29) is 11.4 Å². The highest BCUT2D eigenvalue weighted by Gasteiger charge is 2.07. The van der Waals surface area contributed by atoms with Crippen molar-refractivity contribution in [3.8, 4) is 6.07 Å². The summed E-state index contributed by atoms with van der Waals surface area (Å²) in [6, 6.07) is 15.2. The highest BCUT2D eigenvalue weighted by Crippen LogP contribution is 2.16. The number of aromatic nitrogens is 3. The third kappa shape index (κ3) is 2.53. The van der Waals surface area contributed by atoms with Gasteiger partial charge in [-0.2, -0.15) is 5.26 Å². The molecule has 3 rings (SSSR count). The van der Waals surface area contributed by atoms with E-state index in [0.717, 1.165) is 0 Å². The molecule has 0 aliphatic rings. The Morgan fingerprint density at radius 3 is 2.23 bits per heavy atom. The highest BCUT2D eigenvalue weighted by molar-refractivity contribution is 5.81. The van der Waals surface area contributed by atoms with Crippen molar-refractivity contribution in [1.82, 2.24) is 15.0 Å². The zero-order valence-corrected chi connectivity index (χ0v) is 11.2. The fraction of sp³-hybridized carbons (Fsp3) is 0. The lowest BCUT2D eigenvalue weighted by Crippen LogP contribution is -1.99. The molecule has 1 heterocycles. The Kier molecular flexibility index (Phi) is 3.34. The normalized spacial score (nSPS) is 11.3. The fourth-order valence-corrected chi connectivity index (χ4v) is 1.95. The van der Waals surface area contributed by atoms with Gasteiger partial charge in [-0.15, -0.1) is 15.0 Å². The number of non-ortho nitro benzene ring substituents is 1. The quantitative estimate of drug-likeness (QED) is 0.420. The molecule has 22 heavy (non-hydrogen) atoms. The average Bonchev–Trinajstić information content (AvgIpc) is 2.96. The minimum atomic E-state index is -0.472. The van der Waals surface area contributed by atoms with E-state index in [4.69, 9.17) is 0 Å². The summed E-state index contributed by atoms with van der Waals surface area (Å²) in [5.74, 6) is 0. The van der Waals surface area contributed by atoms with Gasteiger partial charge in [0.2, 0.25) is 0 Å². The molecule has 2 aromatic carbocycles. The minimum absolute atomic E-state index is 0.00129. The van der Waals surface area contributed by atoms with Crippen molar-refractivity contribution in [3.63, 3.8) is 0 Å². The number of benzene rings is 2. The SMILES string of the molecule is N#C/C(=C/c1ccc([N+](=O)[O-])cc1)n1nc2ccccc2n1. The van der Waals surface area contributed by atoms with Crippen LogP contribution in [0.2, 0.25) is 0 Å². The Bertz CT molecular complexity index is 886. The van der Waals surface area contributed by atoms with Gasteiger partial charge in [0.15, 0.2) is 5.70 Å². The molecule has 0 bridgehead atoms. The summed E-state index contributed by atoms with van der Waals surface area (Å²) in [5, 5.41) is 28.4. The van der Waals surface area contributed by atoms with E-state index in [1.807, 2.05) is 18.2 Å². The van der Waals surface area contributed by atoms with Crippen LogP contribution < -0.4 is 0 Å². The molecule has 0 atom stereocenters. The van der Waals surface area contributed by atoms with Crippen molar-refractivity contribution in [3.05, 3.63) is 64.2 Å². The molecule has 7 nitrogen and oxygen atoms in total. The first-order valence-corrected chi connectivity index (χ1v) is 6.36. The lowest BCUT2D eigenvalue weighted by molar-refractivity contribution is -0.384. The molecule has 0 spiro atoms. The van der Waals surface area contributed by atoms with E-state index >= 15 is 0 Å². The van der Waals surface area contributed by atoms with Crippen LogP contribution in [-0.4, -0.2) is 19.9 Å². The number of nitriles is 1. The van der Waals surface area contributed by atoms with Crippen LogP contribution in [-0.2, 0) is 0 Å². The van der Waals surface area contributed by atoms with E-state index in [1.54, 1.807) is 30.3 Å². The van der Waals surface area contributed by atoms with E-state index in [1.165, 1.54) is 16.9 Å². The summed E-state index contributed by atoms with van der Waals surface area (Å²) in [6.07, 6.45) is 1.57. The maximum absolute atomic E-state index is 10.6. The monoisotopic (exact) mass is 291 g/mol. The number of nitrogens with zero attached hydrogens (tertiary/aromatic N) is 5. The molecule has 0 saturated heterocycles. The summed E-state index contributed by atoms with van der Waals surface area (Å²) in [7, 11) is 0. The van der Waals surface area contributed by atoms with Crippen LogP contribution in [0.4, 0.5) is 5.69 Å². The van der Waals surface area contributed by atoms with Gasteiger partial charge >= 0.3 is 0 Å². The minimum Gasteiger partial charge on any atom is -0.258 e. The van der Waals surface area contributed by atoms with Gasteiger partial charge in [-0.05, 0) is 35.9 Å². The van der Waals surface area contributed by atoms with Gasteiger partial charge in [0, 0.05) is 12.1 Å². The third-order valence-corrected chi connectivity index (χ3v) is 3.02. The predicted octanol–water partition coefficient (Wildman–Crippen LogP) is 2.86. The molecule has 0 unspecified atom stereocenters. The molecule has 7 heteroatoms. The number of nitro benzene ring substituents is 1. The van der Waals surface area contributed by atoms with E-state index < -0.39 is 4.92 Å². The van der Waals surface area contributed by atoms with E-state index in [0.29, 0.717) is 16.6 Å². The molecule has 0 N–H and O–H groups in total. The Morgan fingerprint density at radius 1 is 1.14 bits per heavy atom. The molecule has 0 radical (unpaired) electrons. The Hall–Kier alpha value is -3.53. The van der Waals surface area contributed by atoms with E-state index in [9.17, 15) is 15.4 Å². The van der Waals surface area contributed by atoms with Gasteiger partial charge in [-0.1, -0.05) is 12.1 Å². The number of allylic oxidation sites excluding steroid dienone is 1. The van der Waals surface area contributed by atoms with Gasteiger partial charge in [-0.3, -0.25) is 10.1 Å². The van der Waals surface area contributed by atoms with E-state index in [2.05, 4.69) is 10.2 Å². The standard InChI is InChI=1S/C15H9N5O2/c16-10-13(9-11-5-7-12(8-6-11)20(21)22)19-17-14-3-1-2-4-15(14)18-19/h1-9H/b13-9-. The zero-order valence-electron chi connectivity index (χ0n) is 11.2. The Morgan fingerprint density at radius 2 is 1.73 bits per heavy atom. The van der Waals surface area contributed by atoms with Crippen molar-refractivity contribution in [1.29, 1.82) is 5.26 Å². The van der Waals surface area contributed by atoms with Crippen LogP contribution in [0.25, 0.3) is 22.8 Å². The lowest BCUT2D eigenvalue weighted by atomic mass is 10.2. The molecular formula is C15H9N5O2. The molecule has 106 valence electrons. The van der Waals surface area contributed by atoms with Gasteiger partial charge in [0.25, 0.3) is 5.69 Å². The number of hydrogen-bond donors (Lipinski definition) is 0. The number of fused-ring (bicyclic) bond motifs is 1. The van der Waals surface area contributed by atoms with Gasteiger partial charge in [0.1, 0.15) is 17.1 Å². The number of rotatable bonds is 3. The topological polar surface area (TPSA) is 97.6 Å². The summed E-state index contributed by atoms with van der Waals surface area (Å²) < 4.78 is 0. The van der Waals surface area contributed by atoms with Crippen molar-refractivity contribution in [2.24, 2.45) is 0 Å². The van der Waals surface area contributed by atoms with Crippen LogP contribution in [0.5, 0.6) is 0 Å². The van der Waals surface area contributed by atoms with Crippen molar-refractivity contribution >= 4 is 28.5 Å². The first-order valence-electron chi connectivity index (χ1n) is 6.36. The zero-order chi connectivity index (χ0) is 15.5. The smallest absolute Gasteiger partial charge is 0.258 e. The first kappa shape index (κ1) is 13.5. The van der Waals surface area contributed by atoms with Crippen molar-refractivity contribution < 1.29 is 4.92 Å². The van der Waals surface area contributed by atoms with Gasteiger partial charge in [-0.25, -0.2) is 0 Å². The molecular weight excluding hydrogens is 282 g/mol. The molecule has 0 aliphatic carbocycles. The van der Waals surface area contributed by atoms with Crippen LogP contribution in [0.1, 0.15) is 5.56 Å². The lowest BCUT2D eigenvalue weighted by Gasteiger charge is -1.97. The van der Waals surface area contributed by atoms with Crippen molar-refractivity contribution in [2.75, 3.05) is 0 Å². The molecule has 0 amide bonds. The third-order valence-electron chi connectivity index (χ3n) is 3.02. The van der Waals surface area contributed by atoms with Crippen molar-refractivity contribution in [2.45, 2.75) is 0 Å². The summed E-state index contributed by atoms with van der Waals surface area (Å²) in [5.41, 5.74) is 2.26. The predicted molar refractivity (Wildman–Crippen MR) is 80.4 cm³/mol.